The van der Waals surface area contributed by atoms with Crippen LogP contribution in [0.25, 0.3) is 0 Å². The molecule has 3 unspecified atom stereocenters. The number of halogens is 1. The summed E-state index contributed by atoms with van der Waals surface area (Å²) in [4.78, 5) is 14.5. The summed E-state index contributed by atoms with van der Waals surface area (Å²) in [7, 11) is 0. The summed E-state index contributed by atoms with van der Waals surface area (Å²) in [6.45, 7) is 3.78. The van der Waals surface area contributed by atoms with E-state index >= 15 is 0 Å². The Bertz CT molecular complexity index is 524. The molecular weight excluding hydrogens is 304 g/mol. The minimum atomic E-state index is -0.549. The molecule has 3 rings (SSSR count). The highest BCUT2D eigenvalue weighted by Crippen LogP contribution is 2.31. The minimum absolute atomic E-state index is 0. The third kappa shape index (κ3) is 3.47. The number of piperidine rings is 1. The Morgan fingerprint density at radius 3 is 2.82 bits per heavy atom. The van der Waals surface area contributed by atoms with E-state index < -0.39 is 6.10 Å². The summed E-state index contributed by atoms with van der Waals surface area (Å²) in [6.07, 6.45) is 1.54. The van der Waals surface area contributed by atoms with Gasteiger partial charge in [0.15, 0.2) is 11.5 Å². The minimum Gasteiger partial charge on any atom is -0.485 e. The summed E-state index contributed by atoms with van der Waals surface area (Å²) in [6, 6.07) is 7.56. The summed E-state index contributed by atoms with van der Waals surface area (Å²) >= 11 is 0. The van der Waals surface area contributed by atoms with Crippen LogP contribution >= 0.6 is 12.4 Å². The predicted molar refractivity (Wildman–Crippen MR) is 86.6 cm³/mol. The molecule has 2 aliphatic heterocycles. The van der Waals surface area contributed by atoms with E-state index in [4.69, 9.17) is 15.2 Å². The Labute approximate surface area is 137 Å². The molecule has 5 nitrogen and oxygen atoms in total. The van der Waals surface area contributed by atoms with Gasteiger partial charge in [0.2, 0.25) is 6.10 Å². The van der Waals surface area contributed by atoms with E-state index in [9.17, 15) is 4.79 Å². The van der Waals surface area contributed by atoms with Gasteiger partial charge in [-0.05, 0) is 37.8 Å². The fourth-order valence-corrected chi connectivity index (χ4v) is 2.98. The Morgan fingerprint density at radius 2 is 2.09 bits per heavy atom. The number of rotatable bonds is 2. The molecule has 1 fully saturated rings. The van der Waals surface area contributed by atoms with Gasteiger partial charge in [-0.3, -0.25) is 4.79 Å². The second-order valence-electron chi connectivity index (χ2n) is 5.91. The van der Waals surface area contributed by atoms with Crippen LogP contribution in [-0.2, 0) is 4.79 Å². The molecule has 0 aromatic heterocycles. The fraction of sp³-hybridized carbons (Fsp3) is 0.562. The van der Waals surface area contributed by atoms with Crippen molar-refractivity contribution in [1.29, 1.82) is 0 Å². The Morgan fingerprint density at radius 1 is 1.36 bits per heavy atom. The zero-order chi connectivity index (χ0) is 14.8. The number of ether oxygens (including phenoxy) is 2. The van der Waals surface area contributed by atoms with Crippen LogP contribution in [0.2, 0.25) is 0 Å². The summed E-state index contributed by atoms with van der Waals surface area (Å²) in [5.41, 5.74) is 5.98. The van der Waals surface area contributed by atoms with Gasteiger partial charge in [-0.1, -0.05) is 12.1 Å². The first kappa shape index (κ1) is 16.9. The van der Waals surface area contributed by atoms with Gasteiger partial charge in [0.25, 0.3) is 5.91 Å². The zero-order valence-corrected chi connectivity index (χ0v) is 13.6. The highest BCUT2D eigenvalue weighted by molar-refractivity contribution is 5.85. The van der Waals surface area contributed by atoms with Crippen LogP contribution in [0.3, 0.4) is 0 Å². The van der Waals surface area contributed by atoms with Gasteiger partial charge < -0.3 is 20.1 Å². The number of carbonyl (C=O) groups is 1. The number of nitrogens with zero attached hydrogens (tertiary/aromatic N) is 1. The van der Waals surface area contributed by atoms with E-state index in [2.05, 4.69) is 0 Å². The summed E-state index contributed by atoms with van der Waals surface area (Å²) in [5, 5.41) is 0. The molecular formula is C16H23ClN2O3. The number of hydrogen-bond acceptors (Lipinski definition) is 4. The van der Waals surface area contributed by atoms with Gasteiger partial charge in [0, 0.05) is 19.1 Å². The molecule has 1 amide bonds. The largest absolute Gasteiger partial charge is 0.485 e. The van der Waals surface area contributed by atoms with Gasteiger partial charge in [-0.15, -0.1) is 12.4 Å². The Balaban J connectivity index is 0.00000176. The van der Waals surface area contributed by atoms with Crippen molar-refractivity contribution in [1.82, 2.24) is 4.90 Å². The van der Waals surface area contributed by atoms with E-state index in [-0.39, 0.29) is 31.0 Å². The number of para-hydroxylation sites is 2. The van der Waals surface area contributed by atoms with Crippen LogP contribution in [0, 0.1) is 5.92 Å². The predicted octanol–water partition coefficient (Wildman–Crippen LogP) is 1.83. The topological polar surface area (TPSA) is 64.8 Å². The maximum absolute atomic E-state index is 12.6. The van der Waals surface area contributed by atoms with Gasteiger partial charge in [-0.25, -0.2) is 0 Å². The van der Waals surface area contributed by atoms with E-state index in [1.165, 1.54) is 0 Å². The third-order valence-corrected chi connectivity index (χ3v) is 4.30. The lowest BCUT2D eigenvalue weighted by Gasteiger charge is -2.37. The van der Waals surface area contributed by atoms with Crippen LogP contribution in [0.5, 0.6) is 11.5 Å². The average molecular weight is 327 g/mol. The van der Waals surface area contributed by atoms with Crippen LogP contribution < -0.4 is 15.2 Å². The molecule has 0 aliphatic carbocycles. The zero-order valence-electron chi connectivity index (χ0n) is 12.7. The molecule has 22 heavy (non-hydrogen) atoms. The number of hydrogen-bond donors (Lipinski definition) is 1. The van der Waals surface area contributed by atoms with E-state index in [0.29, 0.717) is 17.4 Å². The molecule has 1 aromatic carbocycles. The number of fused-ring (bicyclic) bond motifs is 1. The van der Waals surface area contributed by atoms with E-state index in [0.717, 1.165) is 25.9 Å². The summed E-state index contributed by atoms with van der Waals surface area (Å²) < 4.78 is 11.4. The van der Waals surface area contributed by atoms with E-state index in [1.54, 1.807) is 0 Å². The number of amides is 1. The molecule has 2 N–H and O–H groups in total. The molecule has 6 heteroatoms. The van der Waals surface area contributed by atoms with Crippen molar-refractivity contribution in [3.05, 3.63) is 24.3 Å². The quantitative estimate of drug-likeness (QED) is 0.900. The third-order valence-electron chi connectivity index (χ3n) is 4.30. The van der Waals surface area contributed by atoms with Crippen molar-refractivity contribution in [2.75, 3.05) is 19.7 Å². The van der Waals surface area contributed by atoms with Crippen LogP contribution in [0.15, 0.2) is 24.3 Å². The van der Waals surface area contributed by atoms with Crippen molar-refractivity contribution in [3.63, 3.8) is 0 Å². The van der Waals surface area contributed by atoms with Crippen molar-refractivity contribution >= 4 is 18.3 Å². The van der Waals surface area contributed by atoms with Gasteiger partial charge >= 0.3 is 0 Å². The molecule has 2 aliphatic rings. The van der Waals surface area contributed by atoms with Gasteiger partial charge in [0.1, 0.15) is 6.61 Å². The van der Waals surface area contributed by atoms with Crippen molar-refractivity contribution < 1.29 is 14.3 Å². The first-order valence-corrected chi connectivity index (χ1v) is 7.58. The first-order valence-electron chi connectivity index (χ1n) is 7.58. The lowest BCUT2D eigenvalue weighted by atomic mass is 9.92. The SMILES string of the molecule is CC(N)C1CCCN(C(=O)C2COc3ccccc3O2)C1.Cl. The smallest absolute Gasteiger partial charge is 0.267 e. The molecule has 1 aromatic rings. The average Bonchev–Trinajstić information content (AvgIpc) is 2.53. The Hall–Kier alpha value is -1.46. The Kier molecular flexibility index (Phi) is 5.53. The van der Waals surface area contributed by atoms with Crippen molar-refractivity contribution in [2.24, 2.45) is 11.7 Å². The standard InChI is InChI=1S/C16H22N2O3.ClH/c1-11(17)12-5-4-8-18(9-12)16(19)15-10-20-13-6-2-3-7-14(13)21-15;/h2-3,6-7,11-12,15H,4-5,8-10,17H2,1H3;1H. The van der Waals surface area contributed by atoms with Crippen molar-refractivity contribution in [3.8, 4) is 11.5 Å². The highest BCUT2D eigenvalue weighted by Gasteiger charge is 2.34. The molecule has 0 saturated carbocycles. The lowest BCUT2D eigenvalue weighted by molar-refractivity contribution is -0.143. The van der Waals surface area contributed by atoms with Crippen LogP contribution in [0.1, 0.15) is 19.8 Å². The first-order chi connectivity index (χ1) is 10.1. The molecule has 2 heterocycles. The normalized spacial score (nSPS) is 25.1. The highest BCUT2D eigenvalue weighted by atomic mass is 35.5. The molecule has 122 valence electrons. The number of nitrogens with two attached hydrogens (primary N) is 1. The summed E-state index contributed by atoms with van der Waals surface area (Å²) in [5.74, 6) is 1.73. The van der Waals surface area contributed by atoms with E-state index in [1.807, 2.05) is 36.1 Å². The second kappa shape index (κ2) is 7.20. The maximum Gasteiger partial charge on any atom is 0.267 e. The molecule has 3 atom stereocenters. The fourth-order valence-electron chi connectivity index (χ4n) is 2.98. The number of carbonyl (C=O) groups excluding carboxylic acids is 1. The van der Waals surface area contributed by atoms with Crippen molar-refractivity contribution in [2.45, 2.75) is 31.9 Å². The number of benzene rings is 1. The monoisotopic (exact) mass is 326 g/mol. The second-order valence-corrected chi connectivity index (χ2v) is 5.91. The van der Waals surface area contributed by atoms with Gasteiger partial charge in [-0.2, -0.15) is 0 Å². The van der Waals surface area contributed by atoms with Crippen LogP contribution in [0.4, 0.5) is 0 Å². The lowest BCUT2D eigenvalue weighted by Crippen LogP contribution is -2.51. The molecule has 1 saturated heterocycles. The molecule has 0 radical (unpaired) electrons. The van der Waals surface area contributed by atoms with Gasteiger partial charge in [0.05, 0.1) is 0 Å². The molecule has 0 spiro atoms. The maximum atomic E-state index is 12.6. The molecule has 0 bridgehead atoms. The number of likely N-dealkylation sites (tertiary alicyclic amines) is 1. The van der Waals surface area contributed by atoms with Crippen LogP contribution in [-0.4, -0.2) is 42.6 Å².